The highest BCUT2D eigenvalue weighted by Gasteiger charge is 2.09. The lowest BCUT2D eigenvalue weighted by atomic mass is 10.0. The first-order valence-electron chi connectivity index (χ1n) is 7.10. The first kappa shape index (κ1) is 15.9. The van der Waals surface area contributed by atoms with E-state index < -0.39 is 4.92 Å². The summed E-state index contributed by atoms with van der Waals surface area (Å²) < 4.78 is 5.18. The molecule has 0 aliphatic carbocycles. The molecule has 0 aliphatic heterocycles. The van der Waals surface area contributed by atoms with Crippen molar-refractivity contribution in [2.75, 3.05) is 7.11 Å². The van der Waals surface area contributed by atoms with Crippen LogP contribution in [0.15, 0.2) is 53.9 Å². The van der Waals surface area contributed by atoms with E-state index in [1.165, 1.54) is 12.1 Å². The van der Waals surface area contributed by atoms with Crippen molar-refractivity contribution >= 4 is 39.0 Å². The largest absolute Gasteiger partial charge is 0.497 e. The number of ether oxygens (including phenoxy) is 1. The van der Waals surface area contributed by atoms with Crippen molar-refractivity contribution in [2.24, 2.45) is 0 Å². The van der Waals surface area contributed by atoms with Crippen molar-refractivity contribution < 1.29 is 14.5 Å². The van der Waals surface area contributed by atoms with E-state index in [-0.39, 0.29) is 10.8 Å². The van der Waals surface area contributed by atoms with Crippen LogP contribution in [0.4, 0.5) is 5.00 Å². The fraction of sp³-hybridized carbons (Fsp3) is 0.0556. The quantitative estimate of drug-likeness (QED) is 0.292. The van der Waals surface area contributed by atoms with Crippen molar-refractivity contribution in [1.29, 1.82) is 0 Å². The van der Waals surface area contributed by atoms with Crippen LogP contribution >= 0.6 is 11.3 Å². The Kier molecular flexibility index (Phi) is 4.39. The molecule has 1 aromatic heterocycles. The van der Waals surface area contributed by atoms with Gasteiger partial charge in [0.05, 0.1) is 12.0 Å². The third-order valence-corrected chi connectivity index (χ3v) is 4.44. The van der Waals surface area contributed by atoms with Gasteiger partial charge in [-0.25, -0.2) is 0 Å². The van der Waals surface area contributed by atoms with Crippen LogP contribution in [-0.2, 0) is 0 Å². The van der Waals surface area contributed by atoms with E-state index in [0.29, 0.717) is 11.1 Å². The lowest BCUT2D eigenvalue weighted by molar-refractivity contribution is -0.380. The number of fused-ring (bicyclic) bond motifs is 1. The summed E-state index contributed by atoms with van der Waals surface area (Å²) in [4.78, 5) is 22.5. The third kappa shape index (κ3) is 3.33. The molecule has 0 saturated heterocycles. The molecule has 0 atom stereocenters. The number of thiophene rings is 1. The number of nitro groups is 1. The zero-order chi connectivity index (χ0) is 17.1. The topological polar surface area (TPSA) is 69.4 Å². The van der Waals surface area contributed by atoms with Gasteiger partial charge in [0.2, 0.25) is 0 Å². The van der Waals surface area contributed by atoms with E-state index in [9.17, 15) is 14.9 Å². The SMILES string of the molecule is COc1ccc2cc(C(=O)/C=C/c3csc([N+](=O)[O-])c3)ccc2c1. The Labute approximate surface area is 142 Å². The summed E-state index contributed by atoms with van der Waals surface area (Å²) in [6, 6.07) is 12.5. The summed E-state index contributed by atoms with van der Waals surface area (Å²) in [6.45, 7) is 0. The minimum Gasteiger partial charge on any atom is -0.497 e. The molecule has 0 fully saturated rings. The van der Waals surface area contributed by atoms with E-state index in [1.807, 2.05) is 30.3 Å². The number of allylic oxidation sites excluding steroid dienone is 1. The van der Waals surface area contributed by atoms with Crippen molar-refractivity contribution in [3.63, 3.8) is 0 Å². The Balaban J connectivity index is 1.82. The lowest BCUT2D eigenvalue weighted by Gasteiger charge is -2.04. The number of benzene rings is 2. The second-order valence-corrected chi connectivity index (χ2v) is 5.99. The highest BCUT2D eigenvalue weighted by molar-refractivity contribution is 7.13. The summed E-state index contributed by atoms with van der Waals surface area (Å²) in [5.74, 6) is 0.613. The molecule has 0 amide bonds. The number of methoxy groups -OCH3 is 1. The molecule has 24 heavy (non-hydrogen) atoms. The number of rotatable bonds is 5. The second-order valence-electron chi connectivity index (χ2n) is 5.10. The van der Waals surface area contributed by atoms with Crippen LogP contribution in [0.1, 0.15) is 15.9 Å². The molecule has 6 heteroatoms. The molecule has 120 valence electrons. The van der Waals surface area contributed by atoms with Gasteiger partial charge in [-0.05, 0) is 46.7 Å². The fourth-order valence-corrected chi connectivity index (χ4v) is 2.99. The van der Waals surface area contributed by atoms with Crippen molar-refractivity contribution in [1.82, 2.24) is 0 Å². The normalized spacial score (nSPS) is 11.0. The molecule has 0 aliphatic rings. The maximum atomic E-state index is 12.3. The van der Waals surface area contributed by atoms with E-state index in [1.54, 1.807) is 24.6 Å². The summed E-state index contributed by atoms with van der Waals surface area (Å²) in [5, 5.41) is 14.3. The zero-order valence-corrected chi connectivity index (χ0v) is 13.6. The molecule has 0 saturated carbocycles. The first-order valence-corrected chi connectivity index (χ1v) is 7.98. The smallest absolute Gasteiger partial charge is 0.324 e. The Morgan fingerprint density at radius 2 is 1.92 bits per heavy atom. The van der Waals surface area contributed by atoms with Gasteiger partial charge >= 0.3 is 5.00 Å². The lowest BCUT2D eigenvalue weighted by Crippen LogP contribution is -1.94. The summed E-state index contributed by atoms with van der Waals surface area (Å²) in [7, 11) is 1.61. The second kappa shape index (κ2) is 6.64. The molecular weight excluding hydrogens is 326 g/mol. The number of nitrogens with zero attached hydrogens (tertiary/aromatic N) is 1. The zero-order valence-electron chi connectivity index (χ0n) is 12.8. The Morgan fingerprint density at radius 1 is 1.17 bits per heavy atom. The predicted molar refractivity (Wildman–Crippen MR) is 94.8 cm³/mol. The maximum Gasteiger partial charge on any atom is 0.324 e. The Bertz CT molecular complexity index is 959. The van der Waals surface area contributed by atoms with Crippen LogP contribution in [0, 0.1) is 10.1 Å². The molecule has 2 aromatic carbocycles. The molecule has 0 bridgehead atoms. The Hall–Kier alpha value is -2.99. The molecule has 0 radical (unpaired) electrons. The van der Waals surface area contributed by atoms with E-state index in [2.05, 4.69) is 0 Å². The van der Waals surface area contributed by atoms with Gasteiger partial charge in [0.1, 0.15) is 5.75 Å². The van der Waals surface area contributed by atoms with Gasteiger partial charge < -0.3 is 4.74 Å². The summed E-state index contributed by atoms with van der Waals surface area (Å²) in [5.41, 5.74) is 1.21. The average Bonchev–Trinajstić information content (AvgIpc) is 3.08. The minimum absolute atomic E-state index is 0.0572. The maximum absolute atomic E-state index is 12.3. The van der Waals surface area contributed by atoms with Crippen LogP contribution in [0.2, 0.25) is 0 Å². The van der Waals surface area contributed by atoms with Crippen LogP contribution in [0.5, 0.6) is 5.75 Å². The van der Waals surface area contributed by atoms with Gasteiger partial charge in [-0.2, -0.15) is 0 Å². The van der Waals surface area contributed by atoms with Gasteiger partial charge in [0.25, 0.3) is 0 Å². The molecule has 0 N–H and O–H groups in total. The number of hydrogen-bond donors (Lipinski definition) is 0. The van der Waals surface area contributed by atoms with E-state index in [4.69, 9.17) is 4.74 Å². The summed E-state index contributed by atoms with van der Waals surface area (Å²) >= 11 is 1.04. The fourth-order valence-electron chi connectivity index (χ4n) is 2.29. The van der Waals surface area contributed by atoms with Gasteiger partial charge in [-0.1, -0.05) is 29.5 Å². The molecule has 0 spiro atoms. The first-order chi connectivity index (χ1) is 11.6. The molecule has 1 heterocycles. The number of carbonyl (C=O) groups excluding carboxylic acids is 1. The molecule has 0 unspecified atom stereocenters. The van der Waals surface area contributed by atoms with Crippen LogP contribution in [0.25, 0.3) is 16.8 Å². The highest BCUT2D eigenvalue weighted by Crippen LogP contribution is 2.24. The van der Waals surface area contributed by atoms with Crippen LogP contribution < -0.4 is 4.74 Å². The van der Waals surface area contributed by atoms with Gasteiger partial charge in [0.15, 0.2) is 5.78 Å². The van der Waals surface area contributed by atoms with Crippen LogP contribution in [-0.4, -0.2) is 17.8 Å². The van der Waals surface area contributed by atoms with Crippen molar-refractivity contribution in [3.8, 4) is 5.75 Å². The minimum atomic E-state index is -0.443. The standard InChI is InChI=1S/C18H13NO4S/c1-23-16-6-5-13-9-15(4-3-14(13)10-16)17(20)7-2-12-8-18(19(21)22)24-11-12/h2-11H,1H3/b7-2+. The molecule has 3 rings (SSSR count). The van der Waals surface area contributed by atoms with Crippen molar-refractivity contribution in [2.45, 2.75) is 0 Å². The molecule has 5 nitrogen and oxygen atoms in total. The van der Waals surface area contributed by atoms with Gasteiger partial charge in [-0.15, -0.1) is 0 Å². The number of carbonyl (C=O) groups is 1. The average molecular weight is 339 g/mol. The van der Waals surface area contributed by atoms with Crippen LogP contribution in [0.3, 0.4) is 0 Å². The van der Waals surface area contributed by atoms with Gasteiger partial charge in [0, 0.05) is 17.0 Å². The Morgan fingerprint density at radius 3 is 2.62 bits per heavy atom. The highest BCUT2D eigenvalue weighted by atomic mass is 32.1. The molecule has 3 aromatic rings. The predicted octanol–water partition coefficient (Wildman–Crippen LogP) is 4.71. The van der Waals surface area contributed by atoms with E-state index in [0.717, 1.165) is 27.9 Å². The third-order valence-electron chi connectivity index (χ3n) is 3.54. The number of hydrogen-bond acceptors (Lipinski definition) is 5. The number of ketones is 1. The van der Waals surface area contributed by atoms with Gasteiger partial charge in [-0.3, -0.25) is 14.9 Å². The van der Waals surface area contributed by atoms with E-state index >= 15 is 0 Å². The monoisotopic (exact) mass is 339 g/mol. The summed E-state index contributed by atoms with van der Waals surface area (Å²) in [6.07, 6.45) is 3.01. The molecular formula is C18H13NO4S. The van der Waals surface area contributed by atoms with Crippen molar-refractivity contribution in [3.05, 3.63) is 75.2 Å².